The molecule has 4 rings (SSSR count). The van der Waals surface area contributed by atoms with Crippen molar-refractivity contribution in [3.63, 3.8) is 0 Å². The first-order valence-electron chi connectivity index (χ1n) is 21.0. The Morgan fingerprint density at radius 1 is 0.881 bits per heavy atom. The molecule has 0 aromatic heterocycles. The summed E-state index contributed by atoms with van der Waals surface area (Å²) < 4.78 is 77.2. The highest BCUT2D eigenvalue weighted by Crippen LogP contribution is 2.51. The Morgan fingerprint density at radius 2 is 1.51 bits per heavy atom. The number of aliphatic hydroxyl groups is 3. The lowest BCUT2D eigenvalue weighted by Gasteiger charge is -2.50. The van der Waals surface area contributed by atoms with Crippen molar-refractivity contribution in [2.75, 3.05) is 47.7 Å². The third-order valence-electron chi connectivity index (χ3n) is 13.6. The van der Waals surface area contributed by atoms with E-state index in [0.717, 1.165) is 6.26 Å². The molecule has 0 spiro atoms. The van der Waals surface area contributed by atoms with Crippen LogP contribution in [0.15, 0.2) is 0 Å². The van der Waals surface area contributed by atoms with E-state index in [-0.39, 0.29) is 43.9 Å². The third kappa shape index (κ3) is 11.0. The molecule has 3 aliphatic heterocycles. The van der Waals surface area contributed by atoms with Gasteiger partial charge in [-0.15, -0.1) is 0 Å². The summed E-state index contributed by atoms with van der Waals surface area (Å²) in [7, 11) is 3.49. The van der Waals surface area contributed by atoms with E-state index < -0.39 is 118 Å². The van der Waals surface area contributed by atoms with Gasteiger partial charge in [-0.2, -0.15) is 0 Å². The number of ketones is 1. The van der Waals surface area contributed by atoms with Crippen LogP contribution in [0.1, 0.15) is 88.0 Å². The second-order valence-corrected chi connectivity index (χ2v) is 20.3. The molecule has 1 saturated carbocycles. The summed E-state index contributed by atoms with van der Waals surface area (Å²) in [6.07, 6.45) is -6.89. The first-order valence-corrected chi connectivity index (χ1v) is 22.9. The van der Waals surface area contributed by atoms with Gasteiger partial charge in [0.25, 0.3) is 0 Å². The summed E-state index contributed by atoms with van der Waals surface area (Å²) in [6, 6.07) is -0.187. The molecule has 18 heteroatoms. The molecule has 59 heavy (non-hydrogen) atoms. The number of esters is 1. The molecule has 4 aliphatic rings. The predicted molar refractivity (Wildman–Crippen MR) is 215 cm³/mol. The van der Waals surface area contributed by atoms with Crippen LogP contribution < -0.4 is 4.72 Å². The number of hydrogen-bond donors (Lipinski definition) is 4. The molecular formula is C41H74N2O15S. The zero-order valence-corrected chi connectivity index (χ0v) is 38.4. The van der Waals surface area contributed by atoms with E-state index in [1.54, 1.807) is 41.5 Å². The van der Waals surface area contributed by atoms with Gasteiger partial charge in [0.15, 0.2) is 12.6 Å². The van der Waals surface area contributed by atoms with Crippen molar-refractivity contribution in [1.29, 1.82) is 0 Å². The van der Waals surface area contributed by atoms with Crippen molar-refractivity contribution in [3.05, 3.63) is 0 Å². The zero-order valence-electron chi connectivity index (χ0n) is 37.6. The van der Waals surface area contributed by atoms with E-state index >= 15 is 0 Å². The molecule has 1 unspecified atom stereocenters. The van der Waals surface area contributed by atoms with Gasteiger partial charge in [-0.05, 0) is 68.0 Å². The number of fused-ring (bicyclic) bond motifs is 1. The molecule has 4 N–H and O–H groups in total. The number of carbonyl (C=O) groups excluding carboxylic acids is 2. The van der Waals surface area contributed by atoms with E-state index in [1.807, 2.05) is 39.8 Å². The van der Waals surface area contributed by atoms with Crippen molar-refractivity contribution in [3.8, 4) is 0 Å². The maximum absolute atomic E-state index is 14.3. The van der Waals surface area contributed by atoms with Gasteiger partial charge >= 0.3 is 5.97 Å². The second kappa shape index (κ2) is 19.6. The molecule has 0 bridgehead atoms. The molecule has 0 aromatic carbocycles. The van der Waals surface area contributed by atoms with Crippen LogP contribution in [0.3, 0.4) is 0 Å². The Bertz CT molecular complexity index is 1540. The highest BCUT2D eigenvalue weighted by molar-refractivity contribution is 7.88. The number of nitrogens with zero attached hydrogens (tertiary/aromatic N) is 1. The van der Waals surface area contributed by atoms with E-state index in [0.29, 0.717) is 12.8 Å². The Kier molecular flexibility index (Phi) is 16.7. The van der Waals surface area contributed by atoms with Crippen molar-refractivity contribution in [2.24, 2.45) is 29.6 Å². The minimum absolute atomic E-state index is 0.102. The largest absolute Gasteiger partial charge is 0.458 e. The predicted octanol–water partition coefficient (Wildman–Crippen LogP) is 1.62. The summed E-state index contributed by atoms with van der Waals surface area (Å²) in [5, 5.41) is 34.1. The molecule has 1 aliphatic carbocycles. The number of likely N-dealkylation sites (N-methyl/N-ethyl adjacent to an activating group) is 1. The van der Waals surface area contributed by atoms with Crippen LogP contribution in [0.4, 0.5) is 0 Å². The van der Waals surface area contributed by atoms with Gasteiger partial charge < -0.3 is 58.1 Å². The Morgan fingerprint density at radius 3 is 2.08 bits per heavy atom. The summed E-state index contributed by atoms with van der Waals surface area (Å²) in [4.78, 5) is 30.4. The Balaban J connectivity index is 1.82. The molecule has 0 radical (unpaired) electrons. The van der Waals surface area contributed by atoms with Crippen LogP contribution >= 0.6 is 0 Å². The number of nitrogens with one attached hydrogen (secondary N) is 1. The second-order valence-electron chi connectivity index (χ2n) is 18.5. The maximum atomic E-state index is 14.3. The lowest BCUT2D eigenvalue weighted by molar-refractivity contribution is -0.322. The summed E-state index contributed by atoms with van der Waals surface area (Å²) in [5.74, 6) is -5.13. The average molecular weight is 867 g/mol. The molecule has 3 heterocycles. The zero-order chi connectivity index (χ0) is 44.6. The lowest BCUT2D eigenvalue weighted by atomic mass is 9.75. The number of sulfonamides is 1. The fourth-order valence-electron chi connectivity index (χ4n) is 9.54. The number of methoxy groups -OCH3 is 2. The van der Waals surface area contributed by atoms with E-state index in [1.165, 1.54) is 14.2 Å². The van der Waals surface area contributed by atoms with Crippen LogP contribution in [0.25, 0.3) is 0 Å². The number of aliphatic hydroxyl groups excluding tert-OH is 2. The average Bonchev–Trinajstić information content (AvgIpc) is 3.69. The number of Topliss-reactive ketones (excluding diaryl/α,β-unsaturated/α-hetero) is 1. The van der Waals surface area contributed by atoms with Crippen LogP contribution in [0.5, 0.6) is 0 Å². The van der Waals surface area contributed by atoms with E-state index in [4.69, 9.17) is 37.9 Å². The van der Waals surface area contributed by atoms with Gasteiger partial charge in [0.2, 0.25) is 10.0 Å². The van der Waals surface area contributed by atoms with Crippen LogP contribution in [-0.2, 0) is 57.5 Å². The van der Waals surface area contributed by atoms with Crippen LogP contribution in [-0.4, -0.2) is 172 Å². The van der Waals surface area contributed by atoms with Crippen molar-refractivity contribution < 1.29 is 71.2 Å². The topological polar surface area (TPSA) is 218 Å². The normalized spacial score (nSPS) is 46.7. The smallest absolute Gasteiger partial charge is 0.311 e. The number of hydrogen-bond acceptors (Lipinski definition) is 16. The maximum Gasteiger partial charge on any atom is 0.311 e. The summed E-state index contributed by atoms with van der Waals surface area (Å²) >= 11 is 0. The monoisotopic (exact) mass is 866 g/mol. The van der Waals surface area contributed by atoms with Crippen molar-refractivity contribution >= 4 is 21.8 Å². The third-order valence-corrected chi connectivity index (χ3v) is 14.3. The fourth-order valence-corrected chi connectivity index (χ4v) is 10.1. The molecule has 0 aromatic rings. The molecule has 344 valence electrons. The summed E-state index contributed by atoms with van der Waals surface area (Å²) in [5.41, 5.74) is -4.16. The first-order chi connectivity index (χ1) is 27.3. The quantitative estimate of drug-likeness (QED) is 0.153. The van der Waals surface area contributed by atoms with Gasteiger partial charge in [-0.25, -0.2) is 13.1 Å². The van der Waals surface area contributed by atoms with Gasteiger partial charge in [-0.3, -0.25) is 9.59 Å². The minimum atomic E-state index is -3.39. The molecular weight excluding hydrogens is 793 g/mol. The molecule has 0 amide bonds. The number of rotatable bonds is 13. The highest BCUT2D eigenvalue weighted by Gasteiger charge is 2.70. The van der Waals surface area contributed by atoms with Crippen molar-refractivity contribution in [2.45, 2.75) is 172 Å². The van der Waals surface area contributed by atoms with Gasteiger partial charge in [0.1, 0.15) is 29.7 Å². The molecule has 19 atom stereocenters. The summed E-state index contributed by atoms with van der Waals surface area (Å²) in [6.45, 7) is 16.1. The van der Waals surface area contributed by atoms with Crippen LogP contribution in [0, 0.1) is 29.6 Å². The molecule has 4 fully saturated rings. The SMILES string of the molecule is CO[C@]1(C)C[C@H](O[C@H]2[C@H](C)[C@@H](O[C@@H]3O[C@H](C)C[C@H](N(C)C)[C@H]3OCCCNS(C)(=O)=O)[C@@](C)(OC)C[C@@H](C)C(=O)[C@H](C)[C@@H](O)[C@@]3(O)C(C)[C@H]3OC(=O)[C@@H]2C)O[C@@H](C)[C@@H]1O. The van der Waals surface area contributed by atoms with Gasteiger partial charge in [-0.1, -0.05) is 27.7 Å². The first kappa shape index (κ1) is 50.3. The fraction of sp³-hybridized carbons (Fsp3) is 0.951. The number of ether oxygens (including phenoxy) is 8. The van der Waals surface area contributed by atoms with E-state index in [2.05, 4.69) is 4.72 Å². The lowest BCUT2D eigenvalue weighted by Crippen LogP contribution is -2.61. The highest BCUT2D eigenvalue weighted by atomic mass is 32.2. The van der Waals surface area contributed by atoms with E-state index in [9.17, 15) is 33.3 Å². The minimum Gasteiger partial charge on any atom is -0.458 e. The number of carbonyl (C=O) groups is 2. The Hall–Kier alpha value is -1.39. The van der Waals surface area contributed by atoms with Crippen molar-refractivity contribution in [1.82, 2.24) is 9.62 Å². The molecule has 3 saturated heterocycles. The Labute approximate surface area is 351 Å². The van der Waals surface area contributed by atoms with Gasteiger partial charge in [0, 0.05) is 63.5 Å². The van der Waals surface area contributed by atoms with Gasteiger partial charge in [0.05, 0.1) is 53.9 Å². The standard InChI is InChI=1S/C41H74N2O15S/c1-21-19-40(9,52-13)35(58-38-32(28(43(10)11)18-22(2)54-38)53-17-15-16-42-59(14,49)50)24(4)31(56-29-20-39(8,51-12)34(46)27(7)55-29)25(5)37(47)57-36-26(6)41(36,48)33(45)23(3)30(21)44/h21-29,31-36,38,42,45-46,48H,15-20H2,1-14H3/t21-,22-,23+,24+,25-,26?,27+,28+,29+,31+,32-,33-,34+,35-,36-,38+,39-,40+,41+/m1/s1. The van der Waals surface area contributed by atoms with Crippen LogP contribution in [0.2, 0.25) is 0 Å². The molecule has 17 nitrogen and oxygen atoms in total.